The van der Waals surface area contributed by atoms with Crippen LogP contribution in [-0.4, -0.2) is 42.0 Å². The summed E-state index contributed by atoms with van der Waals surface area (Å²) in [5, 5.41) is 12.4. The summed E-state index contributed by atoms with van der Waals surface area (Å²) in [6.45, 7) is 1.85. The average Bonchev–Trinajstić information content (AvgIpc) is 3.38. The third-order valence-corrected chi connectivity index (χ3v) is 7.60. The minimum absolute atomic E-state index is 0.300. The number of benzene rings is 3. The summed E-state index contributed by atoms with van der Waals surface area (Å²) in [5.74, 6) is 2.58. The van der Waals surface area contributed by atoms with E-state index in [-0.39, 0.29) is 5.91 Å². The highest BCUT2D eigenvalue weighted by atomic mass is 35.5. The highest BCUT2D eigenvalue weighted by Crippen LogP contribution is 2.40. The molecule has 1 aliphatic heterocycles. The van der Waals surface area contributed by atoms with E-state index in [1.54, 1.807) is 38.1 Å². The minimum atomic E-state index is -0.594. The highest BCUT2D eigenvalue weighted by Gasteiger charge is 2.35. The first-order valence-corrected chi connectivity index (χ1v) is 13.8. The second-order valence-corrected chi connectivity index (χ2v) is 10.3. The Morgan fingerprint density at radius 2 is 1.73 bits per heavy atom. The van der Waals surface area contributed by atoms with E-state index in [9.17, 15) is 4.79 Å². The maximum Gasteiger partial charge on any atom is 0.255 e. The molecule has 40 heavy (non-hydrogen) atoms. The molecule has 2 N–H and O–H groups in total. The number of para-hydroxylation sites is 2. The van der Waals surface area contributed by atoms with Gasteiger partial charge in [0.1, 0.15) is 11.8 Å². The molecule has 1 amide bonds. The standard InChI is InChI=1S/C29H28ClN5O4S/c1-17-25(27(36)32-21-7-5-6-8-22(21)37-2)26(19-11-14-23(38-3)24(15-19)39-4)35-28(31-17)33-29(34-35)40-16-18-9-12-20(30)13-10-18/h5-15,26H,16H2,1-4H3,(H,32,36)(H,31,33,34). The maximum atomic E-state index is 13.9. The van der Waals surface area contributed by atoms with Crippen LogP contribution in [0.25, 0.3) is 0 Å². The SMILES string of the molecule is COc1ccccc1NC(=O)C1=C(C)Nc2nc(SCc3ccc(Cl)cc3)nn2C1c1ccc(OC)c(OC)c1. The second kappa shape index (κ2) is 11.9. The van der Waals surface area contributed by atoms with Gasteiger partial charge in [-0.15, -0.1) is 5.10 Å². The number of carbonyl (C=O) groups excluding carboxylic acids is 1. The van der Waals surface area contributed by atoms with Crippen molar-refractivity contribution in [1.29, 1.82) is 0 Å². The number of nitrogens with zero attached hydrogens (tertiary/aromatic N) is 3. The van der Waals surface area contributed by atoms with Crippen LogP contribution in [0.4, 0.5) is 11.6 Å². The number of halogens is 1. The van der Waals surface area contributed by atoms with Crippen molar-refractivity contribution in [2.24, 2.45) is 0 Å². The fourth-order valence-electron chi connectivity index (χ4n) is 4.48. The summed E-state index contributed by atoms with van der Waals surface area (Å²) in [7, 11) is 4.72. The van der Waals surface area contributed by atoms with Gasteiger partial charge in [0.25, 0.3) is 5.91 Å². The molecule has 1 aromatic heterocycles. The highest BCUT2D eigenvalue weighted by molar-refractivity contribution is 7.98. The topological polar surface area (TPSA) is 99.5 Å². The Kier molecular flexibility index (Phi) is 8.18. The first kappa shape index (κ1) is 27.4. The molecular weight excluding hydrogens is 550 g/mol. The molecule has 0 fully saturated rings. The maximum absolute atomic E-state index is 13.9. The second-order valence-electron chi connectivity index (χ2n) is 8.91. The van der Waals surface area contributed by atoms with Crippen molar-refractivity contribution in [3.8, 4) is 17.2 Å². The van der Waals surface area contributed by atoms with E-state index in [1.807, 2.05) is 61.5 Å². The van der Waals surface area contributed by atoms with Gasteiger partial charge in [-0.1, -0.05) is 53.7 Å². The molecule has 1 unspecified atom stereocenters. The predicted molar refractivity (Wildman–Crippen MR) is 157 cm³/mol. The first-order chi connectivity index (χ1) is 19.4. The van der Waals surface area contributed by atoms with Crippen molar-refractivity contribution in [2.45, 2.75) is 23.9 Å². The number of rotatable bonds is 9. The molecule has 1 atom stereocenters. The molecule has 9 nitrogen and oxygen atoms in total. The summed E-state index contributed by atoms with van der Waals surface area (Å²) < 4.78 is 18.2. The molecule has 0 aliphatic carbocycles. The van der Waals surface area contributed by atoms with E-state index in [1.165, 1.54) is 11.8 Å². The van der Waals surface area contributed by atoms with Crippen molar-refractivity contribution in [2.75, 3.05) is 32.0 Å². The summed E-state index contributed by atoms with van der Waals surface area (Å²) in [4.78, 5) is 18.6. The summed E-state index contributed by atoms with van der Waals surface area (Å²) >= 11 is 7.52. The fraction of sp³-hybridized carbons (Fsp3) is 0.207. The zero-order valence-electron chi connectivity index (χ0n) is 22.4. The van der Waals surface area contributed by atoms with Gasteiger partial charge in [0, 0.05) is 16.5 Å². The Morgan fingerprint density at radius 1 is 1.00 bits per heavy atom. The Hall–Kier alpha value is -4.15. The van der Waals surface area contributed by atoms with Crippen LogP contribution in [0.3, 0.4) is 0 Å². The monoisotopic (exact) mass is 577 g/mol. The summed E-state index contributed by atoms with van der Waals surface area (Å²) in [5.41, 5.74) is 3.57. The molecule has 206 valence electrons. The fourth-order valence-corrected chi connectivity index (χ4v) is 5.39. The molecule has 3 aromatic carbocycles. The lowest BCUT2D eigenvalue weighted by molar-refractivity contribution is -0.113. The summed E-state index contributed by atoms with van der Waals surface area (Å²) in [6, 6.07) is 19.9. The van der Waals surface area contributed by atoms with Gasteiger partial charge < -0.3 is 24.8 Å². The van der Waals surface area contributed by atoms with Crippen molar-refractivity contribution < 1.29 is 19.0 Å². The number of thioether (sulfide) groups is 1. The number of anilines is 2. The number of aromatic nitrogens is 3. The van der Waals surface area contributed by atoms with Crippen LogP contribution in [0.1, 0.15) is 24.1 Å². The molecular formula is C29H28ClN5O4S. The van der Waals surface area contributed by atoms with Crippen LogP contribution in [-0.2, 0) is 10.5 Å². The normalized spacial score (nSPS) is 14.3. The lowest BCUT2D eigenvalue weighted by Gasteiger charge is -2.29. The number of amides is 1. The van der Waals surface area contributed by atoms with Crippen LogP contribution in [0.15, 0.2) is 83.2 Å². The van der Waals surface area contributed by atoms with Crippen molar-refractivity contribution in [3.05, 3.63) is 94.1 Å². The van der Waals surface area contributed by atoms with Crippen LogP contribution < -0.4 is 24.8 Å². The third-order valence-electron chi connectivity index (χ3n) is 6.44. The van der Waals surface area contributed by atoms with Gasteiger partial charge in [-0.25, -0.2) is 4.68 Å². The van der Waals surface area contributed by atoms with Gasteiger partial charge in [-0.3, -0.25) is 4.79 Å². The van der Waals surface area contributed by atoms with E-state index >= 15 is 0 Å². The van der Waals surface area contributed by atoms with E-state index in [2.05, 4.69) is 10.6 Å². The van der Waals surface area contributed by atoms with Crippen LogP contribution in [0.2, 0.25) is 5.02 Å². The Balaban J connectivity index is 1.53. The van der Waals surface area contributed by atoms with Gasteiger partial charge in [0.05, 0.1) is 32.6 Å². The molecule has 0 saturated carbocycles. The Labute approximate surface area is 241 Å². The van der Waals surface area contributed by atoms with Crippen molar-refractivity contribution >= 4 is 40.9 Å². The van der Waals surface area contributed by atoms with Crippen molar-refractivity contribution in [1.82, 2.24) is 14.8 Å². The van der Waals surface area contributed by atoms with Gasteiger partial charge in [-0.05, 0) is 54.4 Å². The zero-order chi connectivity index (χ0) is 28.2. The number of methoxy groups -OCH3 is 3. The number of ether oxygens (including phenoxy) is 3. The number of nitrogens with one attached hydrogen (secondary N) is 2. The molecule has 0 bridgehead atoms. The largest absolute Gasteiger partial charge is 0.495 e. The summed E-state index contributed by atoms with van der Waals surface area (Å²) in [6.07, 6.45) is 0. The lowest BCUT2D eigenvalue weighted by atomic mass is 9.94. The number of allylic oxidation sites excluding steroid dienone is 1. The molecule has 0 saturated heterocycles. The van der Waals surface area contributed by atoms with Gasteiger partial charge >= 0.3 is 0 Å². The molecule has 0 radical (unpaired) electrons. The van der Waals surface area contributed by atoms with E-state index in [0.29, 0.717) is 56.1 Å². The van der Waals surface area contributed by atoms with Gasteiger partial charge in [0.15, 0.2) is 11.5 Å². The Morgan fingerprint density at radius 3 is 2.45 bits per heavy atom. The molecule has 4 aromatic rings. The van der Waals surface area contributed by atoms with Gasteiger partial charge in [-0.2, -0.15) is 4.98 Å². The Bertz CT molecular complexity index is 1570. The smallest absolute Gasteiger partial charge is 0.255 e. The third kappa shape index (κ3) is 5.59. The number of hydrogen-bond donors (Lipinski definition) is 2. The molecule has 2 heterocycles. The predicted octanol–water partition coefficient (Wildman–Crippen LogP) is 6.18. The number of fused-ring (bicyclic) bond motifs is 1. The minimum Gasteiger partial charge on any atom is -0.495 e. The van der Waals surface area contributed by atoms with E-state index < -0.39 is 6.04 Å². The molecule has 5 rings (SSSR count). The van der Waals surface area contributed by atoms with E-state index in [0.717, 1.165) is 11.1 Å². The number of hydrogen-bond acceptors (Lipinski definition) is 8. The van der Waals surface area contributed by atoms with Crippen LogP contribution in [0.5, 0.6) is 17.2 Å². The van der Waals surface area contributed by atoms with Gasteiger partial charge in [0.2, 0.25) is 11.1 Å². The quantitative estimate of drug-likeness (QED) is 0.228. The lowest BCUT2D eigenvalue weighted by Crippen LogP contribution is -2.31. The zero-order valence-corrected chi connectivity index (χ0v) is 24.0. The van der Waals surface area contributed by atoms with Crippen LogP contribution >= 0.6 is 23.4 Å². The first-order valence-electron chi connectivity index (χ1n) is 12.4. The molecule has 1 aliphatic rings. The van der Waals surface area contributed by atoms with Crippen LogP contribution in [0, 0.1) is 0 Å². The van der Waals surface area contributed by atoms with E-state index in [4.69, 9.17) is 35.9 Å². The molecule has 11 heteroatoms. The molecule has 0 spiro atoms. The number of carbonyl (C=O) groups is 1. The van der Waals surface area contributed by atoms with Crippen molar-refractivity contribution in [3.63, 3.8) is 0 Å². The average molecular weight is 578 g/mol.